The van der Waals surface area contributed by atoms with E-state index >= 15 is 0 Å². The number of nitrogens with zero attached hydrogens (tertiary/aromatic N) is 6. The molecule has 0 saturated heterocycles. The van der Waals surface area contributed by atoms with Gasteiger partial charge in [-0.25, -0.2) is 5.01 Å². The zero-order chi connectivity index (χ0) is 32.3. The van der Waals surface area contributed by atoms with Gasteiger partial charge in [0, 0.05) is 55.1 Å². The van der Waals surface area contributed by atoms with Crippen molar-refractivity contribution in [3.63, 3.8) is 0 Å². The molecule has 0 fully saturated rings. The van der Waals surface area contributed by atoms with Crippen LogP contribution in [-0.2, 0) is 34.7 Å². The van der Waals surface area contributed by atoms with Crippen LogP contribution in [0.2, 0.25) is 5.02 Å². The number of hydrazone groups is 1. The van der Waals surface area contributed by atoms with E-state index in [0.29, 0.717) is 54.2 Å². The summed E-state index contributed by atoms with van der Waals surface area (Å²) in [6.07, 6.45) is 7.58. The molecule has 0 spiro atoms. The number of aliphatic hydroxyl groups excluding tert-OH is 1. The molecular weight excluding hydrogens is 604 g/mol. The second kappa shape index (κ2) is 13.4. The highest BCUT2D eigenvalue weighted by molar-refractivity contribution is 6.31. The lowest BCUT2D eigenvalue weighted by atomic mass is 9.83. The molecule has 2 atom stereocenters. The fourth-order valence-electron chi connectivity index (χ4n) is 5.92. The van der Waals surface area contributed by atoms with Gasteiger partial charge in [-0.3, -0.25) is 14.3 Å². The molecule has 2 aliphatic heterocycles. The van der Waals surface area contributed by atoms with Crippen LogP contribution in [0.1, 0.15) is 48.6 Å². The number of aliphatic hydroxyl groups is 2. The lowest BCUT2D eigenvalue weighted by molar-refractivity contribution is -0.139. The number of hydrogen-bond donors (Lipinski definition) is 2. The van der Waals surface area contributed by atoms with Crippen LogP contribution in [0.4, 0.5) is 11.4 Å². The summed E-state index contributed by atoms with van der Waals surface area (Å²) in [7, 11) is 0. The Bertz CT molecular complexity index is 1790. The molecule has 0 saturated carbocycles. The summed E-state index contributed by atoms with van der Waals surface area (Å²) in [5.41, 5.74) is 3.30. The third kappa shape index (κ3) is 6.24. The number of benzene rings is 3. The van der Waals surface area contributed by atoms with Gasteiger partial charge in [-0.15, -0.1) is 5.10 Å². The minimum atomic E-state index is -1.80. The fraction of sp³-hybridized carbons (Fsp3) is 0.286. The van der Waals surface area contributed by atoms with E-state index in [2.05, 4.69) is 15.4 Å². The zero-order valence-corrected chi connectivity index (χ0v) is 26.2. The maximum atomic E-state index is 14.0. The molecule has 10 nitrogen and oxygen atoms in total. The normalized spacial score (nSPS) is 18.7. The largest absolute Gasteiger partial charge is 0.396 e. The number of amides is 2. The van der Waals surface area contributed by atoms with Crippen LogP contribution in [0, 0.1) is 5.92 Å². The summed E-state index contributed by atoms with van der Waals surface area (Å²) in [5.74, 6) is -1.06. The number of aryl methyl sites for hydroxylation is 1. The van der Waals surface area contributed by atoms with Crippen LogP contribution in [0.3, 0.4) is 0 Å². The van der Waals surface area contributed by atoms with E-state index in [0.717, 1.165) is 22.5 Å². The molecule has 2 N–H and O–H groups in total. The fourth-order valence-corrected chi connectivity index (χ4v) is 6.09. The van der Waals surface area contributed by atoms with Crippen molar-refractivity contribution in [2.24, 2.45) is 11.0 Å². The highest BCUT2D eigenvalue weighted by Gasteiger charge is 2.52. The number of anilines is 2. The quantitative estimate of drug-likeness (QED) is 0.223. The number of halogens is 1. The molecule has 0 unspecified atom stereocenters. The van der Waals surface area contributed by atoms with Gasteiger partial charge in [0.25, 0.3) is 5.91 Å². The van der Waals surface area contributed by atoms with Gasteiger partial charge in [0.2, 0.25) is 5.91 Å². The van der Waals surface area contributed by atoms with E-state index < -0.39 is 17.4 Å². The molecule has 3 aromatic carbocycles. The lowest BCUT2D eigenvalue weighted by Crippen LogP contribution is -2.44. The summed E-state index contributed by atoms with van der Waals surface area (Å²) in [6.45, 7) is 2.62. The minimum Gasteiger partial charge on any atom is -0.396 e. The van der Waals surface area contributed by atoms with Crippen molar-refractivity contribution in [1.82, 2.24) is 15.0 Å². The number of carbonyl (C=O) groups excluding carboxylic acids is 2. The van der Waals surface area contributed by atoms with Gasteiger partial charge in [-0.1, -0.05) is 78.4 Å². The monoisotopic (exact) mass is 638 g/mol. The molecule has 2 aliphatic rings. The summed E-state index contributed by atoms with van der Waals surface area (Å²) in [5, 5.41) is 35.7. The van der Waals surface area contributed by atoms with Crippen molar-refractivity contribution in [3.05, 3.63) is 119 Å². The number of fused-ring (bicyclic) bond motifs is 1. The average molecular weight is 639 g/mol. The number of allylic oxidation sites excluding steroid dienone is 1. The van der Waals surface area contributed by atoms with E-state index in [-0.39, 0.29) is 19.1 Å². The number of carbonyl (C=O) groups is 2. The van der Waals surface area contributed by atoms with Gasteiger partial charge in [0.1, 0.15) is 0 Å². The Labute approximate surface area is 272 Å². The van der Waals surface area contributed by atoms with Crippen molar-refractivity contribution < 1.29 is 19.8 Å². The molecular formula is C35H35ClN6O4. The van der Waals surface area contributed by atoms with E-state index in [1.54, 1.807) is 34.0 Å². The smallest absolute Gasteiger partial charge is 0.264 e. The highest BCUT2D eigenvalue weighted by Crippen LogP contribution is 2.46. The van der Waals surface area contributed by atoms with Crippen LogP contribution in [-0.4, -0.2) is 49.3 Å². The first-order chi connectivity index (χ1) is 22.3. The Morgan fingerprint density at radius 1 is 1.04 bits per heavy atom. The Kier molecular flexibility index (Phi) is 9.12. The zero-order valence-electron chi connectivity index (χ0n) is 25.5. The van der Waals surface area contributed by atoms with Gasteiger partial charge >= 0.3 is 0 Å². The number of hydrogen-bond acceptors (Lipinski definition) is 7. The predicted molar refractivity (Wildman–Crippen MR) is 176 cm³/mol. The molecule has 0 radical (unpaired) electrons. The van der Waals surface area contributed by atoms with Gasteiger partial charge < -0.3 is 15.1 Å². The van der Waals surface area contributed by atoms with Crippen molar-refractivity contribution in [2.75, 3.05) is 16.5 Å². The maximum Gasteiger partial charge on any atom is 0.264 e. The Balaban J connectivity index is 1.18. The average Bonchev–Trinajstić information content (AvgIpc) is 3.60. The summed E-state index contributed by atoms with van der Waals surface area (Å²) < 4.78 is 1.70. The molecule has 4 aromatic rings. The summed E-state index contributed by atoms with van der Waals surface area (Å²) in [6, 6.07) is 22.4. The second-order valence-electron chi connectivity index (χ2n) is 11.6. The van der Waals surface area contributed by atoms with Crippen molar-refractivity contribution in [2.45, 2.75) is 51.3 Å². The van der Waals surface area contributed by atoms with Gasteiger partial charge in [0.05, 0.1) is 29.3 Å². The first kappa shape index (κ1) is 31.3. The third-order valence-corrected chi connectivity index (χ3v) is 8.69. The van der Waals surface area contributed by atoms with E-state index in [1.807, 2.05) is 73.7 Å². The standard InChI is InChI=1S/C35H35ClN6O4/c1-24(7-5-6-19-40-23-28(18-20-43)37-39-40)35(46)30-21-27(36)12-16-32(30)41(34(35)45)22-25-10-13-29(14-11-25)42-33(44)17-15-31(38-42)26-8-3-2-4-9-26/h2-5,7-14,16,21,23-24,43,46H,6,15,17-20,22H2,1H3/b7-5+/t24-,35+/m0/s1. The summed E-state index contributed by atoms with van der Waals surface area (Å²) >= 11 is 6.35. The molecule has 46 heavy (non-hydrogen) atoms. The Morgan fingerprint density at radius 3 is 2.59 bits per heavy atom. The first-order valence-corrected chi connectivity index (χ1v) is 15.7. The van der Waals surface area contributed by atoms with E-state index in [9.17, 15) is 14.7 Å². The first-order valence-electron chi connectivity index (χ1n) is 15.3. The molecule has 11 heteroatoms. The van der Waals surface area contributed by atoms with Gasteiger partial charge in [0.15, 0.2) is 5.60 Å². The lowest BCUT2D eigenvalue weighted by Gasteiger charge is -2.28. The molecule has 0 aliphatic carbocycles. The molecule has 3 heterocycles. The van der Waals surface area contributed by atoms with Crippen molar-refractivity contribution in [3.8, 4) is 0 Å². The predicted octanol–water partition coefficient (Wildman–Crippen LogP) is 5.01. The highest BCUT2D eigenvalue weighted by atomic mass is 35.5. The second-order valence-corrected chi connectivity index (χ2v) is 12.0. The van der Waals surface area contributed by atoms with Crippen LogP contribution in [0.5, 0.6) is 0 Å². The number of aromatic nitrogens is 3. The SMILES string of the molecule is C[C@@H](/C=C/CCn1cc(CCO)nn1)[C@]1(O)C(=O)N(Cc2ccc(N3N=C(c4ccccc4)CCC3=O)cc2)c2ccc(Cl)cc21. The molecule has 0 bridgehead atoms. The molecule has 6 rings (SSSR count). The molecule has 1 aromatic heterocycles. The maximum absolute atomic E-state index is 14.0. The number of rotatable bonds is 11. The third-order valence-electron chi connectivity index (χ3n) is 8.46. The Hall–Kier alpha value is -4.64. The van der Waals surface area contributed by atoms with E-state index in [1.165, 1.54) is 5.01 Å². The topological polar surface area (TPSA) is 124 Å². The summed E-state index contributed by atoms with van der Waals surface area (Å²) in [4.78, 5) is 28.3. The van der Waals surface area contributed by atoms with Crippen LogP contribution < -0.4 is 9.91 Å². The van der Waals surface area contributed by atoms with Crippen LogP contribution in [0.25, 0.3) is 0 Å². The Morgan fingerprint density at radius 2 is 1.83 bits per heavy atom. The van der Waals surface area contributed by atoms with Gasteiger partial charge in [-0.05, 0) is 47.9 Å². The van der Waals surface area contributed by atoms with Crippen LogP contribution in [0.15, 0.2) is 96.2 Å². The van der Waals surface area contributed by atoms with Gasteiger partial charge in [-0.2, -0.15) is 5.10 Å². The van der Waals surface area contributed by atoms with Crippen LogP contribution >= 0.6 is 11.6 Å². The van der Waals surface area contributed by atoms with Crippen molar-refractivity contribution >= 4 is 40.5 Å². The minimum absolute atomic E-state index is 0.0151. The van der Waals surface area contributed by atoms with E-state index in [4.69, 9.17) is 16.7 Å². The molecule has 2 amide bonds. The molecule has 236 valence electrons. The van der Waals surface area contributed by atoms with Crippen molar-refractivity contribution in [1.29, 1.82) is 0 Å².